The van der Waals surface area contributed by atoms with Crippen LogP contribution in [0.25, 0.3) is 0 Å². The lowest BCUT2D eigenvalue weighted by Crippen LogP contribution is -2.44. The van der Waals surface area contributed by atoms with Gasteiger partial charge in [-0.15, -0.1) is 0 Å². The molecule has 2 N–H and O–H groups in total. The first kappa shape index (κ1) is 14.3. The van der Waals surface area contributed by atoms with Gasteiger partial charge in [0.2, 0.25) is 5.91 Å². The van der Waals surface area contributed by atoms with Crippen LogP contribution < -0.4 is 5.73 Å². The first-order chi connectivity index (χ1) is 9.70. The zero-order chi connectivity index (χ0) is 14.4. The van der Waals surface area contributed by atoms with Gasteiger partial charge in [-0.1, -0.05) is 30.3 Å². The maximum atomic E-state index is 12.4. The van der Waals surface area contributed by atoms with Crippen molar-refractivity contribution in [1.82, 2.24) is 4.90 Å². The Morgan fingerprint density at radius 1 is 1.25 bits per heavy atom. The van der Waals surface area contributed by atoms with Crippen LogP contribution >= 0.6 is 0 Å². The molecule has 106 valence electrons. The highest BCUT2D eigenvalue weighted by molar-refractivity contribution is 5.81. The molecule has 1 atom stereocenters. The third-order valence-electron chi connectivity index (χ3n) is 3.24. The summed E-state index contributed by atoms with van der Waals surface area (Å²) in [5, 5.41) is 0. The summed E-state index contributed by atoms with van der Waals surface area (Å²) in [5.74, 6) is 0.722. The minimum Gasteiger partial charge on any atom is -0.467 e. The molecule has 1 aromatic carbocycles. The zero-order valence-corrected chi connectivity index (χ0v) is 11.7. The number of carbonyl (C=O) groups excluding carboxylic acids is 1. The average Bonchev–Trinajstić information content (AvgIpc) is 2.98. The number of likely N-dealkylation sites (N-methyl/N-ethyl adjacent to an activating group) is 1. The van der Waals surface area contributed by atoms with Crippen molar-refractivity contribution in [2.24, 2.45) is 5.73 Å². The molecule has 0 aliphatic heterocycles. The van der Waals surface area contributed by atoms with Crippen LogP contribution in [0.15, 0.2) is 53.1 Å². The van der Waals surface area contributed by atoms with Gasteiger partial charge in [0.1, 0.15) is 5.76 Å². The Hall–Kier alpha value is -2.07. The molecular formula is C16H20N2O2. The van der Waals surface area contributed by atoms with E-state index < -0.39 is 6.04 Å². The molecule has 2 rings (SSSR count). The van der Waals surface area contributed by atoms with Crippen molar-refractivity contribution in [2.75, 3.05) is 6.54 Å². The van der Waals surface area contributed by atoms with Gasteiger partial charge in [0.15, 0.2) is 0 Å². The Kier molecular flexibility index (Phi) is 4.96. The van der Waals surface area contributed by atoms with E-state index in [0.717, 1.165) is 11.3 Å². The van der Waals surface area contributed by atoms with Crippen LogP contribution in [-0.4, -0.2) is 23.4 Å². The highest BCUT2D eigenvalue weighted by atomic mass is 16.3. The number of hydrogen-bond donors (Lipinski definition) is 1. The molecule has 0 bridgehead atoms. The minimum absolute atomic E-state index is 0.0484. The molecule has 20 heavy (non-hydrogen) atoms. The summed E-state index contributed by atoms with van der Waals surface area (Å²) in [5.41, 5.74) is 7.10. The molecule has 0 saturated carbocycles. The summed E-state index contributed by atoms with van der Waals surface area (Å²) in [4.78, 5) is 14.1. The van der Waals surface area contributed by atoms with Gasteiger partial charge in [-0.05, 0) is 31.0 Å². The monoisotopic (exact) mass is 272 g/mol. The van der Waals surface area contributed by atoms with Crippen LogP contribution in [0.5, 0.6) is 0 Å². The number of furan rings is 1. The summed E-state index contributed by atoms with van der Waals surface area (Å²) in [7, 11) is 0. The van der Waals surface area contributed by atoms with Gasteiger partial charge < -0.3 is 15.1 Å². The Morgan fingerprint density at radius 2 is 2.00 bits per heavy atom. The van der Waals surface area contributed by atoms with Crippen molar-refractivity contribution in [3.05, 3.63) is 60.1 Å². The van der Waals surface area contributed by atoms with E-state index in [-0.39, 0.29) is 5.91 Å². The number of nitrogens with zero attached hydrogens (tertiary/aromatic N) is 1. The third-order valence-corrected chi connectivity index (χ3v) is 3.24. The first-order valence-corrected chi connectivity index (χ1v) is 6.81. The summed E-state index contributed by atoms with van der Waals surface area (Å²) < 4.78 is 5.28. The molecule has 1 unspecified atom stereocenters. The lowest BCUT2D eigenvalue weighted by Gasteiger charge is -2.23. The number of benzene rings is 1. The van der Waals surface area contributed by atoms with Gasteiger partial charge in [0, 0.05) is 6.54 Å². The summed E-state index contributed by atoms with van der Waals surface area (Å²) >= 11 is 0. The van der Waals surface area contributed by atoms with E-state index in [2.05, 4.69) is 0 Å². The Labute approximate surface area is 119 Å². The van der Waals surface area contributed by atoms with E-state index >= 15 is 0 Å². The highest BCUT2D eigenvalue weighted by Gasteiger charge is 2.20. The second kappa shape index (κ2) is 6.91. The van der Waals surface area contributed by atoms with Gasteiger partial charge >= 0.3 is 0 Å². The molecule has 1 heterocycles. The van der Waals surface area contributed by atoms with Gasteiger partial charge in [-0.25, -0.2) is 0 Å². The topological polar surface area (TPSA) is 59.5 Å². The van der Waals surface area contributed by atoms with Crippen LogP contribution in [0.2, 0.25) is 0 Å². The molecule has 0 fully saturated rings. The lowest BCUT2D eigenvalue weighted by molar-refractivity contribution is -0.133. The van der Waals surface area contributed by atoms with Gasteiger partial charge in [0.05, 0.1) is 18.8 Å². The maximum Gasteiger partial charge on any atom is 0.240 e. The van der Waals surface area contributed by atoms with Crippen LogP contribution in [0.3, 0.4) is 0 Å². The van der Waals surface area contributed by atoms with Crippen molar-refractivity contribution in [1.29, 1.82) is 0 Å². The number of nitrogens with two attached hydrogens (primary N) is 1. The van der Waals surface area contributed by atoms with Crippen molar-refractivity contribution < 1.29 is 9.21 Å². The molecule has 0 aliphatic carbocycles. The van der Waals surface area contributed by atoms with Crippen molar-refractivity contribution >= 4 is 5.91 Å². The normalized spacial score (nSPS) is 12.1. The molecule has 4 nitrogen and oxygen atoms in total. The SMILES string of the molecule is CCN(Cc1ccco1)C(=O)C(N)Cc1ccccc1. The molecule has 0 radical (unpaired) electrons. The zero-order valence-electron chi connectivity index (χ0n) is 11.7. The molecular weight excluding hydrogens is 252 g/mol. The van der Waals surface area contributed by atoms with E-state index in [1.54, 1.807) is 11.2 Å². The standard InChI is InChI=1S/C16H20N2O2/c1-2-18(12-14-9-6-10-20-14)16(19)15(17)11-13-7-4-3-5-8-13/h3-10,15H,2,11-12,17H2,1H3. The van der Waals surface area contributed by atoms with Gasteiger partial charge in [-0.2, -0.15) is 0 Å². The molecule has 0 aliphatic rings. The van der Waals surface area contributed by atoms with Gasteiger partial charge in [0.25, 0.3) is 0 Å². The second-order valence-electron chi connectivity index (χ2n) is 4.73. The Morgan fingerprint density at radius 3 is 2.60 bits per heavy atom. The van der Waals surface area contributed by atoms with Crippen molar-refractivity contribution in [2.45, 2.75) is 25.9 Å². The van der Waals surface area contributed by atoms with E-state index in [1.807, 2.05) is 49.4 Å². The Bertz CT molecular complexity index is 523. The number of hydrogen-bond acceptors (Lipinski definition) is 3. The maximum absolute atomic E-state index is 12.4. The van der Waals surface area contributed by atoms with Crippen LogP contribution in [0.4, 0.5) is 0 Å². The second-order valence-corrected chi connectivity index (χ2v) is 4.73. The van der Waals surface area contributed by atoms with E-state index in [4.69, 9.17) is 10.2 Å². The van der Waals surface area contributed by atoms with E-state index in [1.165, 1.54) is 0 Å². The predicted octanol–water partition coefficient (Wildman–Crippen LogP) is 2.20. The quantitative estimate of drug-likeness (QED) is 0.877. The largest absolute Gasteiger partial charge is 0.467 e. The van der Waals surface area contributed by atoms with Crippen LogP contribution in [0, 0.1) is 0 Å². The third kappa shape index (κ3) is 3.71. The molecule has 0 saturated heterocycles. The van der Waals surface area contributed by atoms with Crippen LogP contribution in [-0.2, 0) is 17.8 Å². The highest BCUT2D eigenvalue weighted by Crippen LogP contribution is 2.09. The number of amides is 1. The van der Waals surface area contributed by atoms with Gasteiger partial charge in [-0.3, -0.25) is 4.79 Å². The number of carbonyl (C=O) groups is 1. The fraction of sp³-hybridized carbons (Fsp3) is 0.312. The fourth-order valence-corrected chi connectivity index (χ4v) is 2.13. The number of rotatable bonds is 6. The predicted molar refractivity (Wildman–Crippen MR) is 77.9 cm³/mol. The molecule has 0 spiro atoms. The minimum atomic E-state index is -0.521. The molecule has 4 heteroatoms. The molecule has 1 amide bonds. The smallest absolute Gasteiger partial charge is 0.240 e. The summed E-state index contributed by atoms with van der Waals surface area (Å²) in [6.07, 6.45) is 2.16. The van der Waals surface area contributed by atoms with E-state index in [9.17, 15) is 4.79 Å². The van der Waals surface area contributed by atoms with Crippen LogP contribution in [0.1, 0.15) is 18.2 Å². The van der Waals surface area contributed by atoms with Crippen molar-refractivity contribution in [3.8, 4) is 0 Å². The molecule has 2 aromatic rings. The Balaban J connectivity index is 1.97. The average molecular weight is 272 g/mol. The molecule has 1 aromatic heterocycles. The van der Waals surface area contributed by atoms with Crippen molar-refractivity contribution in [3.63, 3.8) is 0 Å². The summed E-state index contributed by atoms with van der Waals surface area (Å²) in [6, 6.07) is 13.0. The fourth-order valence-electron chi connectivity index (χ4n) is 2.13. The van der Waals surface area contributed by atoms with E-state index in [0.29, 0.717) is 19.5 Å². The lowest BCUT2D eigenvalue weighted by atomic mass is 10.1. The summed E-state index contributed by atoms with van der Waals surface area (Å²) in [6.45, 7) is 3.02. The first-order valence-electron chi connectivity index (χ1n) is 6.81.